The van der Waals surface area contributed by atoms with E-state index in [9.17, 15) is 0 Å². The molecule has 1 nitrogen and oxygen atoms in total. The molecular weight excluding hydrogens is 655 g/mol. The Morgan fingerprint density at radius 3 is 1.59 bits per heavy atom. The number of rotatable bonds is 4. The highest BCUT2D eigenvalue weighted by Crippen LogP contribution is 2.44. The van der Waals surface area contributed by atoms with Crippen molar-refractivity contribution in [2.24, 2.45) is 0 Å². The van der Waals surface area contributed by atoms with Crippen LogP contribution in [0, 0.1) is 0 Å². The van der Waals surface area contributed by atoms with Gasteiger partial charge in [-0.1, -0.05) is 115 Å². The van der Waals surface area contributed by atoms with Gasteiger partial charge in [-0.3, -0.25) is 0 Å². The van der Waals surface area contributed by atoms with E-state index in [1.165, 1.54) is 83.8 Å². The Hall–Kier alpha value is -6.00. The highest BCUT2D eigenvalue weighted by atomic mass is 32.1. The molecule has 0 amide bonds. The van der Waals surface area contributed by atoms with Gasteiger partial charge in [0.05, 0.1) is 0 Å². The zero-order chi connectivity index (χ0) is 33.5. The summed E-state index contributed by atoms with van der Waals surface area (Å²) in [6.45, 7) is 0. The van der Waals surface area contributed by atoms with Gasteiger partial charge in [0, 0.05) is 57.4 Å². The third-order valence-electron chi connectivity index (χ3n) is 10.4. The molecule has 11 aromatic rings. The Morgan fingerprint density at radius 2 is 0.784 bits per heavy atom. The molecule has 0 radical (unpaired) electrons. The van der Waals surface area contributed by atoms with E-state index in [-0.39, 0.29) is 0 Å². The maximum Gasteiger partial charge on any atom is 0.0476 e. The molecule has 3 heteroatoms. The van der Waals surface area contributed by atoms with Crippen LogP contribution in [0.1, 0.15) is 0 Å². The molecule has 0 N–H and O–H groups in total. The van der Waals surface area contributed by atoms with Crippen LogP contribution in [0.3, 0.4) is 0 Å². The summed E-state index contributed by atoms with van der Waals surface area (Å²) in [5.41, 5.74) is 5.88. The Balaban J connectivity index is 1.03. The van der Waals surface area contributed by atoms with Crippen molar-refractivity contribution in [1.82, 2.24) is 0 Å². The van der Waals surface area contributed by atoms with Gasteiger partial charge in [0.15, 0.2) is 0 Å². The number of hydrogen-bond donors (Lipinski definition) is 0. The summed E-state index contributed by atoms with van der Waals surface area (Å²) >= 11 is 3.73. The number of hydrogen-bond acceptors (Lipinski definition) is 3. The largest absolute Gasteiger partial charge is 0.310 e. The van der Waals surface area contributed by atoms with E-state index in [0.29, 0.717) is 0 Å². The quantitative estimate of drug-likeness (QED) is 0.167. The van der Waals surface area contributed by atoms with Crippen molar-refractivity contribution in [2.75, 3.05) is 4.90 Å². The highest BCUT2D eigenvalue weighted by molar-refractivity contribution is 7.26. The van der Waals surface area contributed by atoms with Gasteiger partial charge in [0.2, 0.25) is 0 Å². The molecular formula is C48H29NS2. The molecule has 11 rings (SSSR count). The Bertz CT molecular complexity index is 3150. The van der Waals surface area contributed by atoms with Crippen LogP contribution in [0.25, 0.3) is 83.8 Å². The minimum atomic E-state index is 1.14. The fourth-order valence-corrected chi connectivity index (χ4v) is 10.2. The molecule has 9 aromatic carbocycles. The summed E-state index contributed by atoms with van der Waals surface area (Å²) in [6, 6.07) is 65.1. The predicted octanol–water partition coefficient (Wildman–Crippen LogP) is 15.0. The van der Waals surface area contributed by atoms with Crippen molar-refractivity contribution < 1.29 is 0 Å². The summed E-state index contributed by atoms with van der Waals surface area (Å²) in [6.07, 6.45) is 0. The molecule has 0 unspecified atom stereocenters. The van der Waals surface area contributed by atoms with E-state index in [1.807, 2.05) is 22.7 Å². The summed E-state index contributed by atoms with van der Waals surface area (Å²) in [7, 11) is 0. The second-order valence-corrected chi connectivity index (χ2v) is 15.5. The van der Waals surface area contributed by atoms with Gasteiger partial charge >= 0.3 is 0 Å². The zero-order valence-electron chi connectivity index (χ0n) is 27.5. The Labute approximate surface area is 302 Å². The molecule has 0 spiro atoms. The number of anilines is 3. The fraction of sp³-hybridized carbons (Fsp3) is 0. The molecule has 51 heavy (non-hydrogen) atoms. The van der Waals surface area contributed by atoms with Crippen LogP contribution in [0.15, 0.2) is 176 Å². The molecule has 0 bridgehead atoms. The van der Waals surface area contributed by atoms with E-state index in [0.717, 1.165) is 17.1 Å². The van der Waals surface area contributed by atoms with Crippen molar-refractivity contribution in [3.8, 4) is 11.1 Å². The van der Waals surface area contributed by atoms with Crippen LogP contribution in [0.4, 0.5) is 17.1 Å². The topological polar surface area (TPSA) is 3.24 Å². The van der Waals surface area contributed by atoms with Gasteiger partial charge in [-0.25, -0.2) is 0 Å². The third kappa shape index (κ3) is 4.59. The molecule has 2 aromatic heterocycles. The first-order chi connectivity index (χ1) is 25.2. The number of benzene rings is 9. The van der Waals surface area contributed by atoms with Crippen LogP contribution in [0.5, 0.6) is 0 Å². The number of fused-ring (bicyclic) bond motifs is 11. The zero-order valence-corrected chi connectivity index (χ0v) is 29.1. The van der Waals surface area contributed by atoms with E-state index in [2.05, 4.69) is 181 Å². The third-order valence-corrected chi connectivity index (χ3v) is 12.7. The number of nitrogens with zero attached hydrogens (tertiary/aromatic N) is 1. The van der Waals surface area contributed by atoms with E-state index in [1.54, 1.807) is 0 Å². The van der Waals surface area contributed by atoms with Gasteiger partial charge in [-0.2, -0.15) is 0 Å². The molecule has 0 saturated heterocycles. The van der Waals surface area contributed by atoms with E-state index in [4.69, 9.17) is 0 Å². The Kier molecular flexibility index (Phi) is 6.36. The van der Waals surface area contributed by atoms with Gasteiger partial charge in [-0.15, -0.1) is 22.7 Å². The lowest BCUT2D eigenvalue weighted by Crippen LogP contribution is -2.09. The molecule has 0 aliphatic rings. The van der Waals surface area contributed by atoms with Crippen molar-refractivity contribution in [3.63, 3.8) is 0 Å². The average Bonchev–Trinajstić information content (AvgIpc) is 3.75. The Morgan fingerprint density at radius 1 is 0.275 bits per heavy atom. The summed E-state index contributed by atoms with van der Waals surface area (Å²) in [4.78, 5) is 2.41. The minimum absolute atomic E-state index is 1.14. The lowest BCUT2D eigenvalue weighted by molar-refractivity contribution is 1.30. The second-order valence-electron chi connectivity index (χ2n) is 13.3. The average molecular weight is 684 g/mol. The van der Waals surface area contributed by atoms with Gasteiger partial charge < -0.3 is 4.90 Å². The van der Waals surface area contributed by atoms with Crippen LogP contribution >= 0.6 is 22.7 Å². The van der Waals surface area contributed by atoms with Crippen molar-refractivity contribution in [1.29, 1.82) is 0 Å². The smallest absolute Gasteiger partial charge is 0.0476 e. The first-order valence-electron chi connectivity index (χ1n) is 17.3. The van der Waals surface area contributed by atoms with E-state index < -0.39 is 0 Å². The highest BCUT2D eigenvalue weighted by Gasteiger charge is 2.17. The fourth-order valence-electron chi connectivity index (χ4n) is 7.97. The molecule has 0 saturated carbocycles. The van der Waals surface area contributed by atoms with Crippen molar-refractivity contribution in [3.05, 3.63) is 176 Å². The van der Waals surface area contributed by atoms with Crippen LogP contribution in [0.2, 0.25) is 0 Å². The summed E-state index contributed by atoms with van der Waals surface area (Å²) in [5, 5.41) is 13.0. The molecule has 0 aliphatic heterocycles. The molecule has 0 fully saturated rings. The first-order valence-corrected chi connectivity index (χ1v) is 19.0. The molecule has 2 heterocycles. The van der Waals surface area contributed by atoms with E-state index >= 15 is 0 Å². The summed E-state index contributed by atoms with van der Waals surface area (Å²) < 4.78 is 5.26. The van der Waals surface area contributed by atoms with Gasteiger partial charge in [0.1, 0.15) is 0 Å². The lowest BCUT2D eigenvalue weighted by atomic mass is 9.95. The summed E-state index contributed by atoms with van der Waals surface area (Å²) in [5.74, 6) is 0. The predicted molar refractivity (Wildman–Crippen MR) is 225 cm³/mol. The number of thiophene rings is 2. The first kappa shape index (κ1) is 28.8. The normalized spacial score (nSPS) is 11.9. The maximum atomic E-state index is 2.41. The van der Waals surface area contributed by atoms with Gasteiger partial charge in [-0.05, 0) is 104 Å². The SMILES string of the molecule is c1ccc2c(c1)ccc1c3ccc(-c4ccc(N(c5ccc6c(c5)sc5ccccc56)c5ccc6sc7ccccc7c6c5)cc4)cc3ccc21. The maximum absolute atomic E-state index is 2.41. The molecule has 0 aliphatic carbocycles. The second kappa shape index (κ2) is 11.3. The monoisotopic (exact) mass is 683 g/mol. The van der Waals surface area contributed by atoms with Gasteiger partial charge in [0.25, 0.3) is 0 Å². The standard InChI is InChI=1S/C48H29NS2/c1-2-8-37-31(7-1)15-23-40-38-22-16-32(27-33(38)17-24-39(37)40)30-13-18-34(19-14-30)49(35-21-26-47-44(28-35)42-10-4-6-12-46(42)50-47)36-20-25-43-41-9-3-5-11-45(41)51-48(43)29-36/h1-29H. The molecule has 0 atom stereocenters. The van der Waals surface area contributed by atoms with Crippen molar-refractivity contribution in [2.45, 2.75) is 0 Å². The minimum Gasteiger partial charge on any atom is -0.310 e. The lowest BCUT2D eigenvalue weighted by Gasteiger charge is -2.26. The molecule has 238 valence electrons. The van der Waals surface area contributed by atoms with Crippen LogP contribution in [-0.4, -0.2) is 0 Å². The van der Waals surface area contributed by atoms with Crippen LogP contribution < -0.4 is 4.90 Å². The van der Waals surface area contributed by atoms with Crippen LogP contribution in [-0.2, 0) is 0 Å². The van der Waals surface area contributed by atoms with Crippen molar-refractivity contribution >= 4 is 112 Å².